The number of amides is 1. The second-order valence-electron chi connectivity index (χ2n) is 8.76. The molecule has 0 radical (unpaired) electrons. The quantitative estimate of drug-likeness (QED) is 0.419. The maximum absolute atomic E-state index is 14.8. The molecule has 1 saturated carbocycles. The Morgan fingerprint density at radius 3 is 2.63 bits per heavy atom. The number of benzene rings is 2. The standard InChI is InChI=1S/C26H22F3N3O3/c1-14-22(25(33)31-24(15-4-2-5-15)16-8-9-18(27)20(29)12-16)17-6-3-7-19(28)23(17)26(34)32(14)13-21-30-10-11-35-21/h3,6-12,15,24H,2,4-5,13H2,1H3,(H,31,33)/t24-/m0/s1. The average Bonchev–Trinajstić information content (AvgIpc) is 3.30. The van der Waals surface area contributed by atoms with Crippen molar-refractivity contribution in [2.24, 2.45) is 5.92 Å². The summed E-state index contributed by atoms with van der Waals surface area (Å²) in [6.45, 7) is 1.51. The van der Waals surface area contributed by atoms with Crippen LogP contribution in [0.1, 0.15) is 52.8 Å². The molecule has 35 heavy (non-hydrogen) atoms. The maximum Gasteiger partial charge on any atom is 0.262 e. The molecule has 1 amide bonds. The minimum Gasteiger partial charge on any atom is -0.447 e. The van der Waals surface area contributed by atoms with E-state index >= 15 is 0 Å². The number of oxazole rings is 1. The fraction of sp³-hybridized carbons (Fsp3) is 0.269. The van der Waals surface area contributed by atoms with Crippen molar-refractivity contribution in [2.75, 3.05) is 0 Å². The number of carbonyl (C=O) groups excluding carboxylic acids is 1. The Labute approximate surface area is 198 Å². The van der Waals surface area contributed by atoms with Gasteiger partial charge in [-0.2, -0.15) is 0 Å². The van der Waals surface area contributed by atoms with Gasteiger partial charge in [0.15, 0.2) is 11.6 Å². The third-order valence-corrected chi connectivity index (χ3v) is 6.72. The zero-order chi connectivity index (χ0) is 24.7. The van der Waals surface area contributed by atoms with Gasteiger partial charge in [0.25, 0.3) is 11.5 Å². The van der Waals surface area contributed by atoms with E-state index in [1.807, 2.05) is 0 Å². The zero-order valence-corrected chi connectivity index (χ0v) is 18.9. The van der Waals surface area contributed by atoms with Crippen LogP contribution < -0.4 is 10.9 Å². The Bertz CT molecular complexity index is 1480. The lowest BCUT2D eigenvalue weighted by Crippen LogP contribution is -2.38. The third-order valence-electron chi connectivity index (χ3n) is 6.72. The van der Waals surface area contributed by atoms with E-state index in [0.717, 1.165) is 37.5 Å². The van der Waals surface area contributed by atoms with Crippen LogP contribution in [0, 0.1) is 30.3 Å². The lowest BCUT2D eigenvalue weighted by molar-refractivity contribution is 0.0900. The molecule has 0 bridgehead atoms. The molecule has 1 aliphatic carbocycles. The summed E-state index contributed by atoms with van der Waals surface area (Å²) in [5.74, 6) is -2.98. The highest BCUT2D eigenvalue weighted by Crippen LogP contribution is 2.38. The molecule has 180 valence electrons. The molecule has 6 nitrogen and oxygen atoms in total. The average molecular weight is 481 g/mol. The first kappa shape index (κ1) is 22.9. The van der Waals surface area contributed by atoms with Gasteiger partial charge in [0, 0.05) is 11.1 Å². The number of halogens is 3. The molecule has 1 N–H and O–H groups in total. The maximum atomic E-state index is 14.8. The second kappa shape index (κ2) is 9.05. The summed E-state index contributed by atoms with van der Waals surface area (Å²) in [5, 5.41) is 2.90. The number of fused-ring (bicyclic) bond motifs is 1. The SMILES string of the molecule is Cc1c(C(=O)N[C@H](c2ccc(F)c(F)c2)C2CCC2)c2cccc(F)c2c(=O)n1Cc1ncco1. The van der Waals surface area contributed by atoms with E-state index in [0.29, 0.717) is 11.3 Å². The van der Waals surface area contributed by atoms with Crippen LogP contribution in [0.4, 0.5) is 13.2 Å². The minimum atomic E-state index is -0.996. The molecule has 1 aliphatic rings. The summed E-state index contributed by atoms with van der Waals surface area (Å²) < 4.78 is 48.9. The number of hydrogen-bond acceptors (Lipinski definition) is 4. The topological polar surface area (TPSA) is 77.1 Å². The van der Waals surface area contributed by atoms with Crippen LogP contribution in [0.15, 0.2) is 58.1 Å². The normalized spacial score (nSPS) is 14.6. The Kier molecular flexibility index (Phi) is 5.92. The number of rotatable bonds is 6. The Morgan fingerprint density at radius 1 is 1.17 bits per heavy atom. The smallest absolute Gasteiger partial charge is 0.262 e. The molecular weight excluding hydrogens is 459 g/mol. The summed E-state index contributed by atoms with van der Waals surface area (Å²) >= 11 is 0. The molecular formula is C26H22F3N3O3. The molecule has 4 aromatic rings. The minimum absolute atomic E-state index is 0.0466. The van der Waals surface area contributed by atoms with Crippen molar-refractivity contribution in [1.82, 2.24) is 14.9 Å². The van der Waals surface area contributed by atoms with Crippen molar-refractivity contribution < 1.29 is 22.4 Å². The van der Waals surface area contributed by atoms with Gasteiger partial charge in [0.2, 0.25) is 5.89 Å². The predicted octanol–water partition coefficient (Wildman–Crippen LogP) is 5.03. The van der Waals surface area contributed by atoms with Gasteiger partial charge in [-0.05, 0) is 49.4 Å². The summed E-state index contributed by atoms with van der Waals surface area (Å²) in [7, 11) is 0. The summed E-state index contributed by atoms with van der Waals surface area (Å²) in [6, 6.07) is 7.13. The highest BCUT2D eigenvalue weighted by molar-refractivity contribution is 6.08. The fourth-order valence-corrected chi connectivity index (χ4v) is 4.68. The molecule has 2 aromatic heterocycles. The molecule has 1 fully saturated rings. The van der Waals surface area contributed by atoms with E-state index in [1.165, 1.54) is 35.2 Å². The lowest BCUT2D eigenvalue weighted by Gasteiger charge is -2.35. The number of nitrogens with one attached hydrogen (secondary N) is 1. The first-order valence-corrected chi connectivity index (χ1v) is 11.3. The largest absolute Gasteiger partial charge is 0.447 e. The molecule has 0 aliphatic heterocycles. The highest BCUT2D eigenvalue weighted by atomic mass is 19.2. The van der Waals surface area contributed by atoms with Crippen LogP contribution in [0.25, 0.3) is 10.8 Å². The number of carbonyl (C=O) groups is 1. The fourth-order valence-electron chi connectivity index (χ4n) is 4.68. The van der Waals surface area contributed by atoms with Gasteiger partial charge in [-0.3, -0.25) is 9.59 Å². The van der Waals surface area contributed by atoms with Gasteiger partial charge in [0.05, 0.1) is 23.2 Å². The molecule has 0 unspecified atom stereocenters. The molecule has 2 aromatic carbocycles. The molecule has 0 spiro atoms. The first-order valence-electron chi connectivity index (χ1n) is 11.3. The Balaban J connectivity index is 1.62. The molecule has 1 atom stereocenters. The molecule has 0 saturated heterocycles. The van der Waals surface area contributed by atoms with E-state index in [2.05, 4.69) is 10.3 Å². The van der Waals surface area contributed by atoms with Crippen molar-refractivity contribution in [3.05, 3.63) is 99.4 Å². The summed E-state index contributed by atoms with van der Waals surface area (Å²) in [6.07, 6.45) is 5.39. The highest BCUT2D eigenvalue weighted by Gasteiger charge is 2.32. The van der Waals surface area contributed by atoms with Crippen LogP contribution in [-0.4, -0.2) is 15.5 Å². The van der Waals surface area contributed by atoms with E-state index in [-0.39, 0.29) is 34.7 Å². The number of aromatic nitrogens is 2. The van der Waals surface area contributed by atoms with E-state index < -0.39 is 35.0 Å². The molecule has 9 heteroatoms. The monoisotopic (exact) mass is 481 g/mol. The van der Waals surface area contributed by atoms with Gasteiger partial charge in [0.1, 0.15) is 18.6 Å². The zero-order valence-electron chi connectivity index (χ0n) is 18.9. The van der Waals surface area contributed by atoms with Gasteiger partial charge < -0.3 is 14.3 Å². The summed E-state index contributed by atoms with van der Waals surface area (Å²) in [5.41, 5.74) is 0.267. The molecule has 2 heterocycles. The number of pyridine rings is 1. The van der Waals surface area contributed by atoms with Crippen LogP contribution in [0.2, 0.25) is 0 Å². The van der Waals surface area contributed by atoms with Crippen molar-refractivity contribution in [3.8, 4) is 0 Å². The van der Waals surface area contributed by atoms with Crippen LogP contribution in [0.3, 0.4) is 0 Å². The van der Waals surface area contributed by atoms with Gasteiger partial charge >= 0.3 is 0 Å². The van der Waals surface area contributed by atoms with Gasteiger partial charge in [-0.1, -0.05) is 24.6 Å². The van der Waals surface area contributed by atoms with Gasteiger partial charge in [-0.15, -0.1) is 0 Å². The Morgan fingerprint density at radius 2 is 1.97 bits per heavy atom. The van der Waals surface area contributed by atoms with Crippen molar-refractivity contribution in [2.45, 2.75) is 38.8 Å². The third kappa shape index (κ3) is 4.11. The van der Waals surface area contributed by atoms with Crippen LogP contribution in [0.5, 0.6) is 0 Å². The van der Waals surface area contributed by atoms with Crippen LogP contribution >= 0.6 is 0 Å². The van der Waals surface area contributed by atoms with Crippen molar-refractivity contribution >= 4 is 16.7 Å². The van der Waals surface area contributed by atoms with Crippen molar-refractivity contribution in [1.29, 1.82) is 0 Å². The van der Waals surface area contributed by atoms with E-state index in [4.69, 9.17) is 4.42 Å². The summed E-state index contributed by atoms with van der Waals surface area (Å²) in [4.78, 5) is 30.9. The Hall–Kier alpha value is -3.88. The number of nitrogens with zero attached hydrogens (tertiary/aromatic N) is 2. The first-order chi connectivity index (χ1) is 16.8. The van der Waals surface area contributed by atoms with Crippen molar-refractivity contribution in [3.63, 3.8) is 0 Å². The second-order valence-corrected chi connectivity index (χ2v) is 8.76. The van der Waals surface area contributed by atoms with E-state index in [1.54, 1.807) is 6.92 Å². The lowest BCUT2D eigenvalue weighted by atomic mass is 9.77. The predicted molar refractivity (Wildman–Crippen MR) is 122 cm³/mol. The van der Waals surface area contributed by atoms with E-state index in [9.17, 15) is 22.8 Å². The van der Waals surface area contributed by atoms with Gasteiger partial charge in [-0.25, -0.2) is 18.2 Å². The number of hydrogen-bond donors (Lipinski definition) is 1. The molecule has 5 rings (SSSR count). The van der Waals surface area contributed by atoms with Crippen LogP contribution in [-0.2, 0) is 6.54 Å².